The van der Waals surface area contributed by atoms with Gasteiger partial charge in [-0.25, -0.2) is 0 Å². The molecule has 0 radical (unpaired) electrons. The van der Waals surface area contributed by atoms with Gasteiger partial charge in [0.15, 0.2) is 11.5 Å². The minimum atomic E-state index is 0.512. The Balaban J connectivity index is 2.04. The van der Waals surface area contributed by atoms with Gasteiger partial charge in [-0.2, -0.15) is 5.10 Å². The van der Waals surface area contributed by atoms with Crippen molar-refractivity contribution in [3.63, 3.8) is 0 Å². The lowest BCUT2D eigenvalue weighted by Gasteiger charge is -2.13. The summed E-state index contributed by atoms with van der Waals surface area (Å²) in [5.74, 6) is 1.21. The van der Waals surface area contributed by atoms with Crippen LogP contribution in [0.5, 0.6) is 11.5 Å². The smallest absolute Gasteiger partial charge is 0.179 e. The van der Waals surface area contributed by atoms with Crippen LogP contribution in [0, 0.1) is 0 Å². The van der Waals surface area contributed by atoms with E-state index in [4.69, 9.17) is 26.8 Å². The number of halogens is 1. The summed E-state index contributed by atoms with van der Waals surface area (Å²) in [5.41, 5.74) is 7.72. The second-order valence-corrected chi connectivity index (χ2v) is 5.18. The number of hydrogen-bond donors (Lipinski definition) is 1. The summed E-state index contributed by atoms with van der Waals surface area (Å²) in [4.78, 5) is 0. The minimum Gasteiger partial charge on any atom is -0.493 e. The maximum absolute atomic E-state index is 6.27. The molecule has 0 spiro atoms. The van der Waals surface area contributed by atoms with Crippen LogP contribution in [0.25, 0.3) is 0 Å². The third-order valence-corrected chi connectivity index (χ3v) is 3.40. The molecule has 0 fully saturated rings. The van der Waals surface area contributed by atoms with Crippen LogP contribution in [0.2, 0.25) is 5.02 Å². The number of nitrogens with zero attached hydrogens (tertiary/aromatic N) is 2. The van der Waals surface area contributed by atoms with Gasteiger partial charge in [-0.1, -0.05) is 11.6 Å². The van der Waals surface area contributed by atoms with Crippen molar-refractivity contribution in [1.29, 1.82) is 0 Å². The molecule has 0 saturated carbocycles. The first kappa shape index (κ1) is 15.7. The molecular formula is C15H20ClN3O2. The maximum Gasteiger partial charge on any atom is 0.179 e. The zero-order valence-electron chi connectivity index (χ0n) is 12.3. The molecule has 114 valence electrons. The normalized spacial score (nSPS) is 10.7. The minimum absolute atomic E-state index is 0.512. The average Bonchev–Trinajstić information content (AvgIpc) is 2.86. The van der Waals surface area contributed by atoms with E-state index in [-0.39, 0.29) is 0 Å². The fourth-order valence-corrected chi connectivity index (χ4v) is 2.38. The molecule has 6 heteroatoms. The molecule has 0 aliphatic rings. The van der Waals surface area contributed by atoms with Crippen molar-refractivity contribution in [2.45, 2.75) is 12.8 Å². The summed E-state index contributed by atoms with van der Waals surface area (Å²) in [6, 6.07) is 3.79. The molecule has 1 aromatic carbocycles. The second-order valence-electron chi connectivity index (χ2n) is 4.77. The zero-order chi connectivity index (χ0) is 15.2. The van der Waals surface area contributed by atoms with Crippen molar-refractivity contribution >= 4 is 11.6 Å². The Bertz CT molecular complexity index is 599. The van der Waals surface area contributed by atoms with Gasteiger partial charge in [0.25, 0.3) is 0 Å². The average molecular weight is 310 g/mol. The molecule has 1 heterocycles. The first-order chi connectivity index (χ1) is 10.1. The Morgan fingerprint density at radius 3 is 2.71 bits per heavy atom. The largest absolute Gasteiger partial charge is 0.493 e. The number of benzene rings is 1. The standard InChI is InChI=1S/C15H20ClN3O2/c1-19-10-12(9-18-19)4-6-21-15-13(16)7-11(3-5-17)8-14(15)20-2/h7-10H,3-6,17H2,1-2H3. The monoisotopic (exact) mass is 309 g/mol. The topological polar surface area (TPSA) is 62.3 Å². The van der Waals surface area contributed by atoms with Gasteiger partial charge in [0, 0.05) is 19.7 Å². The quantitative estimate of drug-likeness (QED) is 0.852. The summed E-state index contributed by atoms with van der Waals surface area (Å²) in [7, 11) is 3.49. The fraction of sp³-hybridized carbons (Fsp3) is 0.400. The summed E-state index contributed by atoms with van der Waals surface area (Å²) in [5, 5.41) is 4.67. The second kappa shape index (κ2) is 7.33. The van der Waals surface area contributed by atoms with E-state index in [1.165, 1.54) is 0 Å². The Labute approximate surface area is 129 Å². The highest BCUT2D eigenvalue weighted by Gasteiger charge is 2.12. The van der Waals surface area contributed by atoms with Crippen LogP contribution >= 0.6 is 11.6 Å². The molecule has 2 rings (SSSR count). The van der Waals surface area contributed by atoms with E-state index in [2.05, 4.69) is 5.10 Å². The lowest BCUT2D eigenvalue weighted by molar-refractivity contribution is 0.297. The predicted molar refractivity (Wildman–Crippen MR) is 83.2 cm³/mol. The van der Waals surface area contributed by atoms with Crippen molar-refractivity contribution < 1.29 is 9.47 Å². The summed E-state index contributed by atoms with van der Waals surface area (Å²) >= 11 is 6.27. The van der Waals surface area contributed by atoms with Crippen molar-refractivity contribution in [1.82, 2.24) is 9.78 Å². The Hall–Kier alpha value is -1.72. The number of ether oxygens (including phenoxy) is 2. The third kappa shape index (κ3) is 4.12. The van der Waals surface area contributed by atoms with Crippen molar-refractivity contribution in [2.24, 2.45) is 12.8 Å². The molecule has 0 saturated heterocycles. The van der Waals surface area contributed by atoms with E-state index in [1.807, 2.05) is 31.6 Å². The molecule has 21 heavy (non-hydrogen) atoms. The third-order valence-electron chi connectivity index (χ3n) is 3.12. The van der Waals surface area contributed by atoms with E-state index in [9.17, 15) is 0 Å². The highest BCUT2D eigenvalue weighted by molar-refractivity contribution is 6.32. The summed E-state index contributed by atoms with van der Waals surface area (Å²) in [6.07, 6.45) is 5.31. The van der Waals surface area contributed by atoms with Crippen molar-refractivity contribution in [2.75, 3.05) is 20.3 Å². The number of methoxy groups -OCH3 is 1. The summed E-state index contributed by atoms with van der Waals surface area (Å²) in [6.45, 7) is 1.08. The molecule has 0 aliphatic heterocycles. The Morgan fingerprint density at radius 1 is 1.29 bits per heavy atom. The lowest BCUT2D eigenvalue weighted by Crippen LogP contribution is -2.05. The molecule has 5 nitrogen and oxygen atoms in total. The van der Waals surface area contributed by atoms with Crippen LogP contribution in [0.4, 0.5) is 0 Å². The van der Waals surface area contributed by atoms with Gasteiger partial charge in [-0.15, -0.1) is 0 Å². The van der Waals surface area contributed by atoms with Crippen LogP contribution in [-0.4, -0.2) is 30.0 Å². The molecule has 0 aliphatic carbocycles. The van der Waals surface area contributed by atoms with E-state index in [0.29, 0.717) is 29.7 Å². The maximum atomic E-state index is 6.27. The highest BCUT2D eigenvalue weighted by atomic mass is 35.5. The first-order valence-corrected chi connectivity index (χ1v) is 7.18. The van der Waals surface area contributed by atoms with Gasteiger partial charge in [0.2, 0.25) is 0 Å². The number of rotatable bonds is 7. The SMILES string of the molecule is COc1cc(CCN)cc(Cl)c1OCCc1cnn(C)c1. The molecule has 0 amide bonds. The summed E-state index contributed by atoms with van der Waals surface area (Å²) < 4.78 is 12.9. The molecule has 0 bridgehead atoms. The molecule has 0 atom stereocenters. The van der Waals surface area contributed by atoms with Crippen LogP contribution < -0.4 is 15.2 Å². The van der Waals surface area contributed by atoms with Gasteiger partial charge >= 0.3 is 0 Å². The number of aromatic nitrogens is 2. The fourth-order valence-electron chi connectivity index (χ4n) is 2.10. The van der Waals surface area contributed by atoms with E-state index < -0.39 is 0 Å². The number of aryl methyl sites for hydroxylation is 1. The number of hydrogen-bond acceptors (Lipinski definition) is 4. The highest BCUT2D eigenvalue weighted by Crippen LogP contribution is 2.36. The Morgan fingerprint density at radius 2 is 2.10 bits per heavy atom. The molecular weight excluding hydrogens is 290 g/mol. The zero-order valence-corrected chi connectivity index (χ0v) is 13.1. The molecule has 2 aromatic rings. The van der Waals surface area contributed by atoms with Gasteiger partial charge in [0.05, 0.1) is 24.9 Å². The van der Waals surface area contributed by atoms with E-state index in [0.717, 1.165) is 24.0 Å². The van der Waals surface area contributed by atoms with Crippen molar-refractivity contribution in [3.05, 3.63) is 40.7 Å². The van der Waals surface area contributed by atoms with Gasteiger partial charge in [-0.05, 0) is 36.2 Å². The number of nitrogens with two attached hydrogens (primary N) is 1. The van der Waals surface area contributed by atoms with E-state index in [1.54, 1.807) is 11.8 Å². The van der Waals surface area contributed by atoms with Crippen LogP contribution in [-0.2, 0) is 19.9 Å². The van der Waals surface area contributed by atoms with Gasteiger partial charge in [0.1, 0.15) is 0 Å². The van der Waals surface area contributed by atoms with E-state index >= 15 is 0 Å². The molecule has 0 unspecified atom stereocenters. The van der Waals surface area contributed by atoms with Crippen molar-refractivity contribution in [3.8, 4) is 11.5 Å². The first-order valence-electron chi connectivity index (χ1n) is 6.81. The lowest BCUT2D eigenvalue weighted by atomic mass is 10.1. The molecule has 2 N–H and O–H groups in total. The van der Waals surface area contributed by atoms with Crippen LogP contribution in [0.1, 0.15) is 11.1 Å². The van der Waals surface area contributed by atoms with Gasteiger partial charge in [-0.3, -0.25) is 4.68 Å². The van der Waals surface area contributed by atoms with Gasteiger partial charge < -0.3 is 15.2 Å². The molecule has 1 aromatic heterocycles. The Kier molecular flexibility index (Phi) is 5.47. The predicted octanol–water partition coefficient (Wildman–Crippen LogP) is 2.20. The van der Waals surface area contributed by atoms with Crippen LogP contribution in [0.15, 0.2) is 24.5 Å². The van der Waals surface area contributed by atoms with Crippen LogP contribution in [0.3, 0.4) is 0 Å².